The van der Waals surface area contributed by atoms with Gasteiger partial charge in [-0.25, -0.2) is 0 Å². The molecular weight excluding hydrogens is 380 g/mol. The molecule has 1 aliphatic carbocycles. The van der Waals surface area contributed by atoms with Crippen LogP contribution >= 0.6 is 0 Å². The van der Waals surface area contributed by atoms with Crippen molar-refractivity contribution >= 4 is 11.9 Å². The van der Waals surface area contributed by atoms with E-state index in [0.29, 0.717) is 37.7 Å². The predicted octanol–water partition coefficient (Wildman–Crippen LogP) is 2.21. The lowest BCUT2D eigenvalue weighted by Gasteiger charge is -2.35. The number of hydrogen-bond acceptors (Lipinski definition) is 6. The molecule has 30 heavy (non-hydrogen) atoms. The van der Waals surface area contributed by atoms with E-state index in [9.17, 15) is 9.90 Å². The fourth-order valence-corrected chi connectivity index (χ4v) is 4.34. The molecule has 1 fully saturated rings. The number of tetrazole rings is 1. The monoisotopic (exact) mass is 404 g/mol. The first-order valence-corrected chi connectivity index (χ1v) is 10.4. The standard InChI is InChI=1S/C22H24N6O2/c29-20-15-17-7-5-4-6-16(17)14-19(20)21(30)26-10-12-27(13-11-26)22-23-24-25-28(22)18-8-2-1-3-9-18/h1-3,8-9,14-15,29H,4-7,10-13H2. The molecule has 0 unspecified atom stereocenters. The average molecular weight is 404 g/mol. The number of carbonyl (C=O) groups excluding carboxylic acids is 1. The lowest BCUT2D eigenvalue weighted by Crippen LogP contribution is -2.49. The lowest BCUT2D eigenvalue weighted by atomic mass is 9.89. The Morgan fingerprint density at radius 3 is 2.37 bits per heavy atom. The molecule has 0 bridgehead atoms. The molecule has 8 nitrogen and oxygen atoms in total. The third-order valence-corrected chi connectivity index (χ3v) is 5.99. The number of anilines is 1. The Balaban J connectivity index is 1.30. The Morgan fingerprint density at radius 1 is 0.933 bits per heavy atom. The second kappa shape index (κ2) is 7.78. The number of amides is 1. The van der Waals surface area contributed by atoms with Gasteiger partial charge in [-0.1, -0.05) is 23.3 Å². The van der Waals surface area contributed by atoms with Crippen molar-refractivity contribution in [2.45, 2.75) is 25.7 Å². The Hall–Kier alpha value is -3.42. The molecule has 154 valence electrons. The molecule has 1 amide bonds. The molecule has 5 rings (SSSR count). The van der Waals surface area contributed by atoms with Gasteiger partial charge in [0.05, 0.1) is 11.3 Å². The average Bonchev–Trinajstić information content (AvgIpc) is 3.29. The molecule has 0 spiro atoms. The molecule has 1 N–H and O–H groups in total. The normalized spacial score (nSPS) is 16.4. The fraction of sp³-hybridized carbons (Fsp3) is 0.364. The van der Waals surface area contributed by atoms with Gasteiger partial charge in [-0.15, -0.1) is 0 Å². The van der Waals surface area contributed by atoms with Crippen molar-refractivity contribution in [2.75, 3.05) is 31.1 Å². The molecular formula is C22H24N6O2. The van der Waals surface area contributed by atoms with Crippen LogP contribution in [0.5, 0.6) is 5.75 Å². The summed E-state index contributed by atoms with van der Waals surface area (Å²) in [6, 6.07) is 13.4. The topological polar surface area (TPSA) is 87.4 Å². The Labute approximate surface area is 174 Å². The quantitative estimate of drug-likeness (QED) is 0.720. The fourth-order valence-electron chi connectivity index (χ4n) is 4.34. The van der Waals surface area contributed by atoms with Gasteiger partial charge < -0.3 is 14.9 Å². The first-order valence-electron chi connectivity index (χ1n) is 10.4. The van der Waals surface area contributed by atoms with Crippen LogP contribution in [-0.4, -0.2) is 62.3 Å². The third kappa shape index (κ3) is 3.38. The van der Waals surface area contributed by atoms with E-state index in [1.54, 1.807) is 15.6 Å². The number of fused-ring (bicyclic) bond motifs is 1. The zero-order valence-electron chi connectivity index (χ0n) is 16.7. The second-order valence-corrected chi connectivity index (χ2v) is 7.85. The maximum atomic E-state index is 13.1. The van der Waals surface area contributed by atoms with E-state index in [-0.39, 0.29) is 11.7 Å². The summed E-state index contributed by atoms with van der Waals surface area (Å²) in [5.74, 6) is 0.657. The van der Waals surface area contributed by atoms with Crippen molar-refractivity contribution in [3.63, 3.8) is 0 Å². The van der Waals surface area contributed by atoms with Gasteiger partial charge >= 0.3 is 0 Å². The highest BCUT2D eigenvalue weighted by atomic mass is 16.3. The van der Waals surface area contributed by atoms with Crippen molar-refractivity contribution in [1.29, 1.82) is 0 Å². The van der Waals surface area contributed by atoms with Crippen LogP contribution in [0.2, 0.25) is 0 Å². The summed E-state index contributed by atoms with van der Waals surface area (Å²) in [6.07, 6.45) is 4.24. The summed E-state index contributed by atoms with van der Waals surface area (Å²) in [4.78, 5) is 17.0. The van der Waals surface area contributed by atoms with Crippen LogP contribution in [0.4, 0.5) is 5.95 Å². The predicted molar refractivity (Wildman–Crippen MR) is 112 cm³/mol. The number of aromatic nitrogens is 4. The summed E-state index contributed by atoms with van der Waals surface area (Å²) < 4.78 is 1.72. The van der Waals surface area contributed by atoms with Gasteiger partial charge in [0.25, 0.3) is 5.91 Å². The van der Waals surface area contributed by atoms with Crippen LogP contribution in [0.3, 0.4) is 0 Å². The van der Waals surface area contributed by atoms with Crippen molar-refractivity contribution in [2.24, 2.45) is 0 Å². The van der Waals surface area contributed by atoms with Crippen molar-refractivity contribution in [1.82, 2.24) is 25.1 Å². The summed E-state index contributed by atoms with van der Waals surface area (Å²) >= 11 is 0. The number of para-hydroxylation sites is 1. The summed E-state index contributed by atoms with van der Waals surface area (Å²) in [5, 5.41) is 22.6. The molecule has 1 saturated heterocycles. The molecule has 3 aromatic rings. The highest BCUT2D eigenvalue weighted by Crippen LogP contribution is 2.29. The van der Waals surface area contributed by atoms with Crippen LogP contribution in [0.1, 0.15) is 34.3 Å². The first-order chi connectivity index (χ1) is 14.7. The van der Waals surface area contributed by atoms with Crippen LogP contribution in [0.25, 0.3) is 5.69 Å². The number of rotatable bonds is 3. The van der Waals surface area contributed by atoms with E-state index in [1.807, 2.05) is 36.4 Å². The van der Waals surface area contributed by atoms with Gasteiger partial charge in [0.1, 0.15) is 5.75 Å². The van der Waals surface area contributed by atoms with E-state index in [4.69, 9.17) is 0 Å². The smallest absolute Gasteiger partial charge is 0.257 e. The molecule has 2 aliphatic rings. The van der Waals surface area contributed by atoms with Gasteiger partial charge in [-0.2, -0.15) is 4.68 Å². The highest BCUT2D eigenvalue weighted by Gasteiger charge is 2.27. The highest BCUT2D eigenvalue weighted by molar-refractivity contribution is 5.97. The molecule has 0 saturated carbocycles. The van der Waals surface area contributed by atoms with Gasteiger partial charge in [0.2, 0.25) is 5.95 Å². The molecule has 1 aromatic heterocycles. The number of phenols is 1. The van der Waals surface area contributed by atoms with Crippen LogP contribution in [-0.2, 0) is 12.8 Å². The maximum absolute atomic E-state index is 13.1. The number of hydrogen-bond donors (Lipinski definition) is 1. The maximum Gasteiger partial charge on any atom is 0.257 e. The van der Waals surface area contributed by atoms with Crippen LogP contribution in [0.15, 0.2) is 42.5 Å². The minimum absolute atomic E-state index is 0.0936. The van der Waals surface area contributed by atoms with Crippen LogP contribution in [0, 0.1) is 0 Å². The minimum Gasteiger partial charge on any atom is -0.507 e. The molecule has 8 heteroatoms. The second-order valence-electron chi connectivity index (χ2n) is 7.85. The summed E-state index contributed by atoms with van der Waals surface area (Å²) in [6.45, 7) is 2.36. The molecule has 2 heterocycles. The largest absolute Gasteiger partial charge is 0.507 e. The van der Waals surface area contributed by atoms with Crippen molar-refractivity contribution < 1.29 is 9.90 Å². The molecule has 0 atom stereocenters. The third-order valence-electron chi connectivity index (χ3n) is 5.99. The zero-order chi connectivity index (χ0) is 20.5. The Bertz CT molecular complexity index is 1060. The molecule has 2 aromatic carbocycles. The minimum atomic E-state index is -0.108. The number of benzene rings is 2. The van der Waals surface area contributed by atoms with E-state index < -0.39 is 0 Å². The number of aryl methyl sites for hydroxylation is 2. The number of aromatic hydroxyl groups is 1. The zero-order valence-corrected chi connectivity index (χ0v) is 16.7. The number of piperazine rings is 1. The van der Waals surface area contributed by atoms with Gasteiger partial charge in [-0.05, 0) is 71.5 Å². The molecule has 0 radical (unpaired) electrons. The summed E-state index contributed by atoms with van der Waals surface area (Å²) in [5.41, 5.74) is 3.68. The first kappa shape index (κ1) is 18.6. The van der Waals surface area contributed by atoms with Crippen molar-refractivity contribution in [3.8, 4) is 11.4 Å². The van der Waals surface area contributed by atoms with Gasteiger partial charge in [0, 0.05) is 26.2 Å². The van der Waals surface area contributed by atoms with Gasteiger partial charge in [0.15, 0.2) is 0 Å². The van der Waals surface area contributed by atoms with Gasteiger partial charge in [-0.3, -0.25) is 4.79 Å². The van der Waals surface area contributed by atoms with E-state index >= 15 is 0 Å². The summed E-state index contributed by atoms with van der Waals surface area (Å²) in [7, 11) is 0. The molecule has 1 aliphatic heterocycles. The number of carbonyl (C=O) groups is 1. The lowest BCUT2D eigenvalue weighted by molar-refractivity contribution is 0.0743. The number of phenolic OH excluding ortho intramolecular Hbond substituents is 1. The van der Waals surface area contributed by atoms with E-state index in [1.165, 1.54) is 11.1 Å². The van der Waals surface area contributed by atoms with E-state index in [0.717, 1.165) is 31.4 Å². The van der Waals surface area contributed by atoms with Crippen molar-refractivity contribution in [3.05, 3.63) is 59.2 Å². The van der Waals surface area contributed by atoms with Crippen LogP contribution < -0.4 is 4.90 Å². The van der Waals surface area contributed by atoms with E-state index in [2.05, 4.69) is 20.4 Å². The Morgan fingerprint density at radius 2 is 1.63 bits per heavy atom. The SMILES string of the molecule is O=C(c1cc2c(cc1O)CCCC2)N1CCN(c2nnnn2-c2ccccc2)CC1. The Kier molecular flexibility index (Phi) is 4.82. The number of nitrogens with zero attached hydrogens (tertiary/aromatic N) is 6.